The van der Waals surface area contributed by atoms with Crippen LogP contribution in [0.5, 0.6) is 0 Å². The third-order valence-electron chi connectivity index (χ3n) is 9.06. The lowest BCUT2D eigenvalue weighted by Crippen LogP contribution is -2.54. The zero-order valence-electron chi connectivity index (χ0n) is 27.3. The molecule has 1 aromatic heterocycles. The van der Waals surface area contributed by atoms with Gasteiger partial charge in [0.05, 0.1) is 33.9 Å². The number of hydrogen-bond donors (Lipinski definition) is 1. The van der Waals surface area contributed by atoms with E-state index < -0.39 is 46.6 Å². The maximum absolute atomic E-state index is 14.7. The Hall–Kier alpha value is -2.46. The minimum atomic E-state index is -3.65. The Labute approximate surface area is 289 Å². The number of thiazole rings is 1. The molecule has 1 aromatic carbocycles. The predicted octanol–water partition coefficient (Wildman–Crippen LogP) is 6.04. The fourth-order valence-electron chi connectivity index (χ4n) is 6.28. The minimum Gasteiger partial charge on any atom is -0.466 e. The number of halogens is 2. The number of carbonyl (C=O) groups excluding carboxylic acids is 2. The molecule has 1 saturated heterocycles. The number of nitrogens with one attached hydrogen (secondary N) is 1. The molecule has 2 aliphatic heterocycles. The number of nitrogens with zero attached hydrogens (tertiary/aromatic N) is 3. The molecule has 2 fully saturated rings. The van der Waals surface area contributed by atoms with Gasteiger partial charge in [0.25, 0.3) is 0 Å². The number of rotatable bonds is 11. The van der Waals surface area contributed by atoms with Crippen LogP contribution in [0, 0.1) is 17.2 Å². The molecule has 2 aromatic rings. The molecule has 0 spiro atoms. The first-order valence-corrected chi connectivity index (χ1v) is 22.8. The van der Waals surface area contributed by atoms with Crippen LogP contribution >= 0.6 is 27.3 Å². The predicted molar refractivity (Wildman–Crippen MR) is 186 cm³/mol. The Morgan fingerprint density at radius 1 is 1.19 bits per heavy atom. The number of esters is 2. The van der Waals surface area contributed by atoms with Crippen LogP contribution in [-0.2, 0) is 29.1 Å². The first kappa shape index (κ1) is 35.8. The summed E-state index contributed by atoms with van der Waals surface area (Å²) in [5.41, 5.74) is 0.515. The van der Waals surface area contributed by atoms with E-state index in [0.717, 1.165) is 6.04 Å². The van der Waals surface area contributed by atoms with E-state index in [2.05, 4.69) is 45.9 Å². The number of aromatic nitrogens is 1. The van der Waals surface area contributed by atoms with Crippen LogP contribution in [-0.4, -0.2) is 75.1 Å². The number of hydrogen-bond acceptors (Lipinski definition) is 10. The highest BCUT2D eigenvalue weighted by molar-refractivity contribution is 9.10. The Balaban J connectivity index is 1.35. The van der Waals surface area contributed by atoms with Crippen molar-refractivity contribution < 1.29 is 31.9 Å². The minimum absolute atomic E-state index is 0.137. The van der Waals surface area contributed by atoms with Crippen LogP contribution in [0.3, 0.4) is 0 Å². The summed E-state index contributed by atoms with van der Waals surface area (Å²) in [6, 6.07) is 4.60. The topological polar surface area (TPSA) is 127 Å². The second-order valence-corrected chi connectivity index (χ2v) is 23.3. The van der Waals surface area contributed by atoms with E-state index >= 15 is 0 Å². The van der Waals surface area contributed by atoms with E-state index in [0.29, 0.717) is 41.6 Å². The van der Waals surface area contributed by atoms with E-state index in [1.165, 1.54) is 21.7 Å². The van der Waals surface area contributed by atoms with E-state index in [4.69, 9.17) is 14.5 Å². The van der Waals surface area contributed by atoms with Gasteiger partial charge in [-0.3, -0.25) is 9.79 Å². The summed E-state index contributed by atoms with van der Waals surface area (Å²) in [4.78, 5) is 35.6. The summed E-state index contributed by atoms with van der Waals surface area (Å²) in [5, 5.41) is 5.13. The molecule has 256 valence electrons. The SMILES string of the molecule is CCOC(=O)C1=C(C2CCN(S(=O)(=O)C3CC(C)(C(=O)OCC[Si](C)(C)C)C3)CC2)NC(c2nccs2)=NC1c1cccc(F)c1Br. The van der Waals surface area contributed by atoms with Crippen molar-refractivity contribution in [3.8, 4) is 0 Å². The van der Waals surface area contributed by atoms with Crippen LogP contribution in [0.25, 0.3) is 0 Å². The number of sulfonamides is 1. The van der Waals surface area contributed by atoms with Crippen molar-refractivity contribution in [3.05, 3.63) is 61.9 Å². The molecule has 0 bridgehead atoms. The Morgan fingerprint density at radius 3 is 2.51 bits per heavy atom. The quantitative estimate of drug-likeness (QED) is 0.217. The highest BCUT2D eigenvalue weighted by atomic mass is 79.9. The molecule has 10 nitrogen and oxygen atoms in total. The Morgan fingerprint density at radius 2 is 1.89 bits per heavy atom. The van der Waals surface area contributed by atoms with Crippen LogP contribution in [0.4, 0.5) is 4.39 Å². The third kappa shape index (κ3) is 7.74. The molecule has 5 rings (SSSR count). The first-order valence-electron chi connectivity index (χ1n) is 15.9. The molecule has 1 aliphatic carbocycles. The summed E-state index contributed by atoms with van der Waals surface area (Å²) >= 11 is 4.73. The van der Waals surface area contributed by atoms with Gasteiger partial charge in [-0.25, -0.2) is 26.9 Å². The second-order valence-electron chi connectivity index (χ2n) is 13.8. The highest BCUT2D eigenvalue weighted by Gasteiger charge is 2.54. The summed E-state index contributed by atoms with van der Waals surface area (Å²) in [5.74, 6) is -1.15. The average molecular weight is 770 g/mol. The maximum atomic E-state index is 14.7. The van der Waals surface area contributed by atoms with Gasteiger partial charge >= 0.3 is 11.9 Å². The lowest BCUT2D eigenvalue weighted by atomic mass is 9.70. The molecule has 3 heterocycles. The maximum Gasteiger partial charge on any atom is 0.338 e. The van der Waals surface area contributed by atoms with Crippen molar-refractivity contribution in [2.75, 3.05) is 26.3 Å². The largest absolute Gasteiger partial charge is 0.466 e. The number of allylic oxidation sites excluding steroid dienone is 1. The fourth-order valence-corrected chi connectivity index (χ4v) is 10.4. The lowest BCUT2D eigenvalue weighted by molar-refractivity contribution is -0.159. The van der Waals surface area contributed by atoms with Gasteiger partial charge in [0, 0.05) is 44.4 Å². The number of amidine groups is 1. The van der Waals surface area contributed by atoms with Crippen molar-refractivity contribution in [3.63, 3.8) is 0 Å². The molecule has 3 aliphatic rings. The van der Waals surface area contributed by atoms with E-state index in [9.17, 15) is 22.4 Å². The summed E-state index contributed by atoms with van der Waals surface area (Å²) in [6.07, 6.45) is 3.01. The molecule has 1 unspecified atom stereocenters. The zero-order chi connectivity index (χ0) is 34.1. The Kier molecular flexibility index (Phi) is 10.8. The number of aliphatic imine (C=N–C) groups is 1. The fraction of sp³-hybridized carbons (Fsp3) is 0.562. The number of carbonyl (C=O) groups is 2. The van der Waals surface area contributed by atoms with E-state index in [-0.39, 0.29) is 54.5 Å². The molecule has 0 radical (unpaired) electrons. The van der Waals surface area contributed by atoms with Gasteiger partial charge in [-0.1, -0.05) is 31.8 Å². The first-order chi connectivity index (χ1) is 22.1. The Bertz CT molecular complexity index is 1660. The number of piperidine rings is 1. The van der Waals surface area contributed by atoms with Crippen molar-refractivity contribution in [1.82, 2.24) is 14.6 Å². The van der Waals surface area contributed by atoms with Crippen LogP contribution in [0.2, 0.25) is 25.7 Å². The molecule has 15 heteroatoms. The monoisotopic (exact) mass is 768 g/mol. The average Bonchev–Trinajstić information content (AvgIpc) is 3.55. The van der Waals surface area contributed by atoms with Crippen LogP contribution < -0.4 is 5.32 Å². The van der Waals surface area contributed by atoms with Crippen molar-refractivity contribution in [2.45, 2.75) is 76.5 Å². The second kappa shape index (κ2) is 14.2. The van der Waals surface area contributed by atoms with Crippen molar-refractivity contribution >= 4 is 63.1 Å². The number of benzene rings is 1. The molecular weight excluding hydrogens is 727 g/mol. The third-order valence-corrected chi connectivity index (χ3v) is 14.6. The van der Waals surface area contributed by atoms with Crippen LogP contribution in [0.15, 0.2) is 50.5 Å². The van der Waals surface area contributed by atoms with Gasteiger partial charge in [0.2, 0.25) is 10.0 Å². The van der Waals surface area contributed by atoms with Crippen molar-refractivity contribution in [2.24, 2.45) is 16.3 Å². The molecule has 1 saturated carbocycles. The smallest absolute Gasteiger partial charge is 0.338 e. The van der Waals surface area contributed by atoms with Gasteiger partial charge in [-0.15, -0.1) is 11.3 Å². The summed E-state index contributed by atoms with van der Waals surface area (Å²) in [6.45, 7) is 11.2. The van der Waals surface area contributed by atoms with E-state index in [1.807, 2.05) is 5.38 Å². The highest BCUT2D eigenvalue weighted by Crippen LogP contribution is 2.47. The van der Waals surface area contributed by atoms with Gasteiger partial charge < -0.3 is 14.8 Å². The summed E-state index contributed by atoms with van der Waals surface area (Å²) < 4.78 is 54.9. The normalized spacial score (nSPS) is 24.3. The molecule has 1 atom stereocenters. The van der Waals surface area contributed by atoms with Gasteiger partial charge in [0.1, 0.15) is 11.9 Å². The molecule has 47 heavy (non-hydrogen) atoms. The summed E-state index contributed by atoms with van der Waals surface area (Å²) in [7, 11) is -5.01. The number of ether oxygens (including phenoxy) is 2. The standard InChI is InChI=1S/C32H42BrFN4O6S2Si/c1-6-43-30(39)24-26(36-28(29-35-12-16-45-29)37-27(24)22-8-7-9-23(34)25(22)33)20-10-13-38(14-11-20)46(41,42)21-18-32(2,19-21)31(40)44-15-17-47(3,4)5/h7-9,12,16,20-21,27H,6,10-11,13-15,17-19H2,1-5H3,(H,36,37). The molecular formula is C32H42BrFN4O6S2Si. The zero-order valence-corrected chi connectivity index (χ0v) is 31.6. The van der Waals surface area contributed by atoms with Gasteiger partial charge in [-0.05, 0) is 73.1 Å². The lowest BCUT2D eigenvalue weighted by Gasteiger charge is -2.45. The molecule has 0 amide bonds. The van der Waals surface area contributed by atoms with E-state index in [1.54, 1.807) is 32.2 Å². The van der Waals surface area contributed by atoms with Gasteiger partial charge in [-0.2, -0.15) is 0 Å². The van der Waals surface area contributed by atoms with Crippen LogP contribution in [0.1, 0.15) is 56.1 Å². The van der Waals surface area contributed by atoms with Gasteiger partial charge in [0.15, 0.2) is 10.8 Å². The van der Waals surface area contributed by atoms with Crippen molar-refractivity contribution in [1.29, 1.82) is 0 Å². The molecule has 1 N–H and O–H groups in total.